The van der Waals surface area contributed by atoms with Crippen molar-refractivity contribution in [1.82, 2.24) is 0 Å². The van der Waals surface area contributed by atoms with E-state index < -0.39 is 0 Å². The molecule has 0 N–H and O–H groups in total. The van der Waals surface area contributed by atoms with Crippen LogP contribution in [0.4, 0.5) is 0 Å². The molecule has 0 saturated heterocycles. The molecule has 0 aromatic carbocycles. The zero-order valence-electron chi connectivity index (χ0n) is 16.4. The highest BCUT2D eigenvalue weighted by molar-refractivity contribution is 4.93. The summed E-state index contributed by atoms with van der Waals surface area (Å²) in [5.74, 6) is 3.95. The monoisotopic (exact) mass is 330 g/mol. The molecule has 2 aliphatic rings. The van der Waals surface area contributed by atoms with E-state index in [4.69, 9.17) is 0 Å². The minimum atomic E-state index is 0.902. The van der Waals surface area contributed by atoms with Crippen LogP contribution >= 0.6 is 0 Å². The molecule has 0 aromatic heterocycles. The smallest absolute Gasteiger partial charge is 0.0205 e. The molecular weight excluding hydrogens is 288 g/mol. The Morgan fingerprint density at radius 3 is 2.21 bits per heavy atom. The fraction of sp³-hybridized carbons (Fsp3) is 0.833. The fourth-order valence-corrected chi connectivity index (χ4v) is 5.16. The summed E-state index contributed by atoms with van der Waals surface area (Å²) in [7, 11) is 0. The summed E-state index contributed by atoms with van der Waals surface area (Å²) in [6.07, 6.45) is 28.7. The van der Waals surface area contributed by atoms with Crippen LogP contribution in [0.25, 0.3) is 0 Å². The Bertz CT molecular complexity index is 345. The molecular formula is C24H42. The van der Waals surface area contributed by atoms with Crippen LogP contribution in [0.15, 0.2) is 24.8 Å². The average molecular weight is 331 g/mol. The molecule has 2 rings (SSSR count). The number of hydrogen-bond acceptors (Lipinski definition) is 0. The van der Waals surface area contributed by atoms with Crippen molar-refractivity contribution in [3.05, 3.63) is 24.8 Å². The Labute approximate surface area is 152 Å². The number of rotatable bonds is 10. The van der Waals surface area contributed by atoms with Crippen LogP contribution in [0.3, 0.4) is 0 Å². The van der Waals surface area contributed by atoms with Gasteiger partial charge in [0.1, 0.15) is 0 Å². The molecule has 2 unspecified atom stereocenters. The zero-order chi connectivity index (χ0) is 17.0. The molecule has 24 heavy (non-hydrogen) atoms. The van der Waals surface area contributed by atoms with Gasteiger partial charge in [0.05, 0.1) is 0 Å². The Balaban J connectivity index is 1.57. The van der Waals surface area contributed by atoms with Crippen molar-refractivity contribution >= 4 is 0 Å². The first-order valence-electron chi connectivity index (χ1n) is 11.1. The molecule has 0 aromatic rings. The summed E-state index contributed by atoms with van der Waals surface area (Å²) in [5.41, 5.74) is 0. The molecule has 0 spiro atoms. The predicted octanol–water partition coefficient (Wildman–Crippen LogP) is 8.09. The fourth-order valence-electron chi connectivity index (χ4n) is 5.16. The van der Waals surface area contributed by atoms with Gasteiger partial charge in [-0.15, -0.1) is 6.58 Å². The highest BCUT2D eigenvalue weighted by atomic mass is 14.3. The summed E-state index contributed by atoms with van der Waals surface area (Å²) in [4.78, 5) is 0. The second-order valence-electron chi connectivity index (χ2n) is 8.58. The summed E-state index contributed by atoms with van der Waals surface area (Å²) in [5, 5.41) is 0. The summed E-state index contributed by atoms with van der Waals surface area (Å²) in [6, 6.07) is 0. The lowest BCUT2D eigenvalue weighted by molar-refractivity contribution is 0.237. The lowest BCUT2D eigenvalue weighted by atomic mass is 9.75. The molecule has 2 atom stereocenters. The Hall–Kier alpha value is -0.520. The van der Waals surface area contributed by atoms with E-state index in [0.29, 0.717) is 0 Å². The van der Waals surface area contributed by atoms with Gasteiger partial charge in [-0.2, -0.15) is 0 Å². The summed E-state index contributed by atoms with van der Waals surface area (Å²) < 4.78 is 0. The van der Waals surface area contributed by atoms with Gasteiger partial charge < -0.3 is 0 Å². The molecule has 2 aliphatic carbocycles. The third-order valence-corrected chi connectivity index (χ3v) is 6.77. The molecule has 138 valence electrons. The Kier molecular flexibility index (Phi) is 9.85. The summed E-state index contributed by atoms with van der Waals surface area (Å²) >= 11 is 0. The first-order chi connectivity index (χ1) is 11.8. The maximum Gasteiger partial charge on any atom is -0.0205 e. The van der Waals surface area contributed by atoms with E-state index in [1.165, 1.54) is 96.3 Å². The van der Waals surface area contributed by atoms with Gasteiger partial charge in [-0.05, 0) is 62.2 Å². The van der Waals surface area contributed by atoms with Crippen LogP contribution in [0.1, 0.15) is 103 Å². The Morgan fingerprint density at radius 2 is 1.50 bits per heavy atom. The molecule has 0 radical (unpaired) electrons. The molecule has 0 nitrogen and oxygen atoms in total. The van der Waals surface area contributed by atoms with Crippen molar-refractivity contribution in [2.24, 2.45) is 23.7 Å². The normalized spacial score (nSPS) is 31.4. The van der Waals surface area contributed by atoms with Gasteiger partial charge in [0.15, 0.2) is 0 Å². The van der Waals surface area contributed by atoms with Crippen LogP contribution in [0.2, 0.25) is 0 Å². The minimum Gasteiger partial charge on any atom is -0.103 e. The van der Waals surface area contributed by atoms with Crippen LogP contribution in [0, 0.1) is 23.7 Å². The quantitative estimate of drug-likeness (QED) is 0.280. The second kappa shape index (κ2) is 11.9. The van der Waals surface area contributed by atoms with E-state index in [0.717, 1.165) is 23.7 Å². The first-order valence-corrected chi connectivity index (χ1v) is 11.1. The van der Waals surface area contributed by atoms with Crippen LogP contribution in [0.5, 0.6) is 0 Å². The molecule has 2 fully saturated rings. The topological polar surface area (TPSA) is 0 Å². The van der Waals surface area contributed by atoms with Gasteiger partial charge in [0.25, 0.3) is 0 Å². The van der Waals surface area contributed by atoms with Gasteiger partial charge in [0.2, 0.25) is 0 Å². The van der Waals surface area contributed by atoms with E-state index in [-0.39, 0.29) is 0 Å². The van der Waals surface area contributed by atoms with Gasteiger partial charge in [-0.3, -0.25) is 0 Å². The highest BCUT2D eigenvalue weighted by Crippen LogP contribution is 2.37. The van der Waals surface area contributed by atoms with Crippen LogP contribution in [-0.2, 0) is 0 Å². The van der Waals surface area contributed by atoms with Crippen LogP contribution < -0.4 is 0 Å². The second-order valence-corrected chi connectivity index (χ2v) is 8.58. The van der Waals surface area contributed by atoms with Gasteiger partial charge in [-0.25, -0.2) is 0 Å². The van der Waals surface area contributed by atoms with Crippen molar-refractivity contribution in [3.63, 3.8) is 0 Å². The maximum atomic E-state index is 3.87. The predicted molar refractivity (Wildman–Crippen MR) is 108 cm³/mol. The van der Waals surface area contributed by atoms with E-state index in [1.807, 2.05) is 0 Å². The largest absolute Gasteiger partial charge is 0.103 e. The standard InChI is InChI=1S/C24H42/c1-3-5-11-21-17-19-22(20-18-21)12-7-8-14-24-16-10-9-15-23(24)13-6-4-2/h3,6,13,21-24H,1,4-5,7-12,14-20H2,2H3/b13-6+. The van der Waals surface area contributed by atoms with E-state index in [9.17, 15) is 0 Å². The minimum absolute atomic E-state index is 0.902. The number of unbranched alkanes of at least 4 members (excludes halogenated alkanes) is 1. The molecule has 0 amide bonds. The molecule has 0 heterocycles. The third-order valence-electron chi connectivity index (χ3n) is 6.77. The molecule has 0 heteroatoms. The van der Waals surface area contributed by atoms with E-state index in [1.54, 1.807) is 0 Å². The number of allylic oxidation sites excluding steroid dienone is 3. The third kappa shape index (κ3) is 7.16. The Morgan fingerprint density at radius 1 is 0.833 bits per heavy atom. The van der Waals surface area contributed by atoms with E-state index in [2.05, 4.69) is 31.7 Å². The van der Waals surface area contributed by atoms with Crippen molar-refractivity contribution in [2.75, 3.05) is 0 Å². The first kappa shape index (κ1) is 19.8. The van der Waals surface area contributed by atoms with Crippen molar-refractivity contribution in [2.45, 2.75) is 103 Å². The molecule has 2 saturated carbocycles. The van der Waals surface area contributed by atoms with Gasteiger partial charge in [-0.1, -0.05) is 82.9 Å². The SMILES string of the molecule is C=CCCC1CCC(CCCCC2CCCCC2/C=C/CC)CC1. The average Bonchev–Trinajstić information content (AvgIpc) is 2.63. The maximum absolute atomic E-state index is 3.87. The number of hydrogen-bond donors (Lipinski definition) is 0. The molecule has 0 bridgehead atoms. The van der Waals surface area contributed by atoms with Crippen molar-refractivity contribution < 1.29 is 0 Å². The lowest BCUT2D eigenvalue weighted by Crippen LogP contribution is -2.18. The highest BCUT2D eigenvalue weighted by Gasteiger charge is 2.23. The van der Waals surface area contributed by atoms with E-state index >= 15 is 0 Å². The summed E-state index contributed by atoms with van der Waals surface area (Å²) in [6.45, 7) is 6.13. The lowest BCUT2D eigenvalue weighted by Gasteiger charge is -2.30. The zero-order valence-corrected chi connectivity index (χ0v) is 16.4. The van der Waals surface area contributed by atoms with Crippen molar-refractivity contribution in [1.29, 1.82) is 0 Å². The van der Waals surface area contributed by atoms with Gasteiger partial charge >= 0.3 is 0 Å². The molecule has 0 aliphatic heterocycles. The van der Waals surface area contributed by atoms with Crippen molar-refractivity contribution in [3.8, 4) is 0 Å². The van der Waals surface area contributed by atoms with Gasteiger partial charge in [0, 0.05) is 0 Å². The van der Waals surface area contributed by atoms with Crippen LogP contribution in [-0.4, -0.2) is 0 Å².